The molecule has 3 heteroatoms. The van der Waals surface area contributed by atoms with Crippen LogP contribution in [0.1, 0.15) is 58.8 Å². The highest BCUT2D eigenvalue weighted by atomic mass is 16.1. The van der Waals surface area contributed by atoms with Crippen LogP contribution < -0.4 is 10.6 Å². The van der Waals surface area contributed by atoms with Gasteiger partial charge in [-0.3, -0.25) is 4.79 Å². The molecule has 0 saturated carbocycles. The molecule has 0 spiro atoms. The minimum atomic E-state index is 0.221. The van der Waals surface area contributed by atoms with Crippen LogP contribution in [0.3, 0.4) is 0 Å². The summed E-state index contributed by atoms with van der Waals surface area (Å²) in [4.78, 5) is 12.0. The van der Waals surface area contributed by atoms with Crippen molar-refractivity contribution in [3.05, 3.63) is 0 Å². The molecular weight excluding hydrogens is 212 g/mol. The lowest BCUT2D eigenvalue weighted by Crippen LogP contribution is -2.44. The SMILES string of the molecule is CCCCC(CC)C(=O)NCC1CCCCN1. The lowest BCUT2D eigenvalue weighted by molar-refractivity contribution is -0.125. The molecule has 2 atom stereocenters. The molecule has 1 heterocycles. The van der Waals surface area contributed by atoms with E-state index in [1.54, 1.807) is 0 Å². The smallest absolute Gasteiger partial charge is 0.223 e. The zero-order chi connectivity index (χ0) is 12.5. The summed E-state index contributed by atoms with van der Waals surface area (Å²) >= 11 is 0. The van der Waals surface area contributed by atoms with Crippen LogP contribution in [-0.4, -0.2) is 25.0 Å². The summed E-state index contributed by atoms with van der Waals surface area (Å²) in [7, 11) is 0. The van der Waals surface area contributed by atoms with Gasteiger partial charge in [-0.1, -0.05) is 33.1 Å². The summed E-state index contributed by atoms with van der Waals surface area (Å²) in [5.74, 6) is 0.479. The fourth-order valence-electron chi connectivity index (χ4n) is 2.44. The van der Waals surface area contributed by atoms with Gasteiger partial charge in [0.15, 0.2) is 0 Å². The van der Waals surface area contributed by atoms with Gasteiger partial charge in [-0.2, -0.15) is 0 Å². The van der Waals surface area contributed by atoms with Crippen molar-refractivity contribution in [2.45, 2.75) is 64.8 Å². The number of hydrogen-bond donors (Lipinski definition) is 2. The van der Waals surface area contributed by atoms with Gasteiger partial charge in [-0.15, -0.1) is 0 Å². The van der Waals surface area contributed by atoms with E-state index in [2.05, 4.69) is 24.5 Å². The maximum atomic E-state index is 12.0. The van der Waals surface area contributed by atoms with E-state index in [0.717, 1.165) is 32.4 Å². The Balaban J connectivity index is 2.21. The molecule has 0 bridgehead atoms. The average Bonchev–Trinajstić information content (AvgIpc) is 2.38. The quantitative estimate of drug-likeness (QED) is 0.718. The van der Waals surface area contributed by atoms with Crippen LogP contribution in [0.15, 0.2) is 0 Å². The molecule has 1 fully saturated rings. The molecule has 1 rings (SSSR count). The summed E-state index contributed by atoms with van der Waals surface area (Å²) < 4.78 is 0. The summed E-state index contributed by atoms with van der Waals surface area (Å²) in [6, 6.07) is 0.497. The minimum Gasteiger partial charge on any atom is -0.354 e. The Morgan fingerprint density at radius 1 is 1.41 bits per heavy atom. The van der Waals surface area contributed by atoms with Crippen LogP contribution in [0.2, 0.25) is 0 Å². The molecule has 0 radical (unpaired) electrons. The zero-order valence-corrected chi connectivity index (χ0v) is 11.4. The molecule has 100 valence electrons. The third-order valence-corrected chi connectivity index (χ3v) is 3.70. The Bertz CT molecular complexity index is 212. The number of rotatable bonds is 7. The first kappa shape index (κ1) is 14.5. The number of carbonyl (C=O) groups is 1. The first-order valence-electron chi connectivity index (χ1n) is 7.29. The van der Waals surface area contributed by atoms with Gasteiger partial charge in [0.1, 0.15) is 0 Å². The second-order valence-corrected chi connectivity index (χ2v) is 5.14. The monoisotopic (exact) mass is 240 g/mol. The third-order valence-electron chi connectivity index (χ3n) is 3.70. The van der Waals surface area contributed by atoms with E-state index in [-0.39, 0.29) is 11.8 Å². The third kappa shape index (κ3) is 5.53. The molecule has 0 aromatic rings. The van der Waals surface area contributed by atoms with Gasteiger partial charge in [0.2, 0.25) is 5.91 Å². The highest BCUT2D eigenvalue weighted by Crippen LogP contribution is 2.13. The molecule has 0 aliphatic carbocycles. The van der Waals surface area contributed by atoms with E-state index in [0.29, 0.717) is 6.04 Å². The van der Waals surface area contributed by atoms with Crippen LogP contribution in [0.25, 0.3) is 0 Å². The molecule has 0 aromatic heterocycles. The predicted octanol–water partition coefficient (Wildman–Crippen LogP) is 2.46. The van der Waals surface area contributed by atoms with Crippen molar-refractivity contribution in [3.8, 4) is 0 Å². The predicted molar refractivity (Wildman–Crippen MR) is 72.0 cm³/mol. The van der Waals surface area contributed by atoms with E-state index >= 15 is 0 Å². The first-order valence-corrected chi connectivity index (χ1v) is 7.29. The van der Waals surface area contributed by atoms with Gasteiger partial charge in [0, 0.05) is 18.5 Å². The summed E-state index contributed by atoms with van der Waals surface area (Å²) in [6.45, 7) is 6.20. The molecule has 2 N–H and O–H groups in total. The Kier molecular flexibility index (Phi) is 7.25. The molecular formula is C14H28N2O. The van der Waals surface area contributed by atoms with Crippen molar-refractivity contribution in [1.82, 2.24) is 10.6 Å². The molecule has 0 aromatic carbocycles. The second kappa shape index (κ2) is 8.51. The van der Waals surface area contributed by atoms with Crippen molar-refractivity contribution >= 4 is 5.91 Å². The van der Waals surface area contributed by atoms with E-state index in [1.165, 1.54) is 25.7 Å². The molecule has 17 heavy (non-hydrogen) atoms. The topological polar surface area (TPSA) is 41.1 Å². The summed E-state index contributed by atoms with van der Waals surface area (Å²) in [6.07, 6.45) is 8.10. The lowest BCUT2D eigenvalue weighted by Gasteiger charge is -2.24. The normalized spacial score (nSPS) is 22.1. The first-order chi connectivity index (χ1) is 8.27. The van der Waals surface area contributed by atoms with Crippen molar-refractivity contribution in [3.63, 3.8) is 0 Å². The van der Waals surface area contributed by atoms with Crippen molar-refractivity contribution < 1.29 is 4.79 Å². The Morgan fingerprint density at radius 3 is 2.82 bits per heavy atom. The largest absolute Gasteiger partial charge is 0.354 e. The molecule has 1 saturated heterocycles. The minimum absolute atomic E-state index is 0.221. The molecule has 1 amide bonds. The number of unbranched alkanes of at least 4 members (excludes halogenated alkanes) is 1. The van der Waals surface area contributed by atoms with E-state index < -0.39 is 0 Å². The Morgan fingerprint density at radius 2 is 2.24 bits per heavy atom. The van der Waals surface area contributed by atoms with E-state index in [4.69, 9.17) is 0 Å². The Hall–Kier alpha value is -0.570. The fraction of sp³-hybridized carbons (Fsp3) is 0.929. The maximum absolute atomic E-state index is 12.0. The van der Waals surface area contributed by atoms with E-state index in [1.807, 2.05) is 0 Å². The molecule has 3 nitrogen and oxygen atoms in total. The van der Waals surface area contributed by atoms with Gasteiger partial charge >= 0.3 is 0 Å². The summed E-state index contributed by atoms with van der Waals surface area (Å²) in [5, 5.41) is 6.57. The fourth-order valence-corrected chi connectivity index (χ4v) is 2.44. The van der Waals surface area contributed by atoms with Crippen LogP contribution in [-0.2, 0) is 4.79 Å². The number of amides is 1. The highest BCUT2D eigenvalue weighted by Gasteiger charge is 2.18. The van der Waals surface area contributed by atoms with Gasteiger partial charge < -0.3 is 10.6 Å². The zero-order valence-electron chi connectivity index (χ0n) is 11.4. The lowest BCUT2D eigenvalue weighted by atomic mass is 9.98. The van der Waals surface area contributed by atoms with Crippen molar-refractivity contribution in [2.24, 2.45) is 5.92 Å². The second-order valence-electron chi connectivity index (χ2n) is 5.14. The molecule has 1 aliphatic heterocycles. The van der Waals surface area contributed by atoms with Gasteiger partial charge in [0.05, 0.1) is 0 Å². The number of carbonyl (C=O) groups excluding carboxylic acids is 1. The molecule has 2 unspecified atom stereocenters. The standard InChI is InChI=1S/C14H28N2O/c1-3-5-8-12(4-2)14(17)16-11-13-9-6-7-10-15-13/h12-13,15H,3-11H2,1-2H3,(H,16,17). The molecule has 1 aliphatic rings. The number of hydrogen-bond acceptors (Lipinski definition) is 2. The van der Waals surface area contributed by atoms with Crippen LogP contribution in [0.5, 0.6) is 0 Å². The number of nitrogens with one attached hydrogen (secondary N) is 2. The number of piperidine rings is 1. The van der Waals surface area contributed by atoms with Crippen molar-refractivity contribution in [2.75, 3.05) is 13.1 Å². The van der Waals surface area contributed by atoms with Gasteiger partial charge in [-0.25, -0.2) is 0 Å². The van der Waals surface area contributed by atoms with E-state index in [9.17, 15) is 4.79 Å². The maximum Gasteiger partial charge on any atom is 0.223 e. The van der Waals surface area contributed by atoms with Gasteiger partial charge in [-0.05, 0) is 32.2 Å². The average molecular weight is 240 g/mol. The highest BCUT2D eigenvalue weighted by molar-refractivity contribution is 5.78. The van der Waals surface area contributed by atoms with Crippen LogP contribution in [0.4, 0.5) is 0 Å². The van der Waals surface area contributed by atoms with Gasteiger partial charge in [0.25, 0.3) is 0 Å². The summed E-state index contributed by atoms with van der Waals surface area (Å²) in [5.41, 5.74) is 0. The van der Waals surface area contributed by atoms with Crippen molar-refractivity contribution in [1.29, 1.82) is 0 Å². The van der Waals surface area contributed by atoms with Crippen LogP contribution >= 0.6 is 0 Å². The van der Waals surface area contributed by atoms with Crippen LogP contribution in [0, 0.1) is 5.92 Å². The Labute approximate surface area is 106 Å².